The van der Waals surface area contributed by atoms with Gasteiger partial charge >= 0.3 is 0 Å². The minimum Gasteiger partial charge on any atom is -0.481 e. The number of benzene rings is 1. The number of amides is 1. The molecule has 27 heavy (non-hydrogen) atoms. The Morgan fingerprint density at radius 2 is 2.11 bits per heavy atom. The molecule has 0 saturated heterocycles. The van der Waals surface area contributed by atoms with Gasteiger partial charge in [0, 0.05) is 42.7 Å². The van der Waals surface area contributed by atoms with E-state index < -0.39 is 0 Å². The Hall–Kier alpha value is -3.42. The highest BCUT2D eigenvalue weighted by molar-refractivity contribution is 5.95. The van der Waals surface area contributed by atoms with Gasteiger partial charge < -0.3 is 15.4 Å². The number of nitrogen functional groups attached to an aromatic ring is 1. The molecule has 0 aliphatic rings. The molecule has 1 amide bonds. The first-order chi connectivity index (χ1) is 13.1. The predicted molar refractivity (Wildman–Crippen MR) is 102 cm³/mol. The van der Waals surface area contributed by atoms with Gasteiger partial charge in [-0.05, 0) is 25.1 Å². The number of rotatable bonds is 7. The maximum absolute atomic E-state index is 12.9. The Morgan fingerprint density at radius 3 is 2.81 bits per heavy atom. The van der Waals surface area contributed by atoms with Crippen molar-refractivity contribution in [2.75, 3.05) is 25.9 Å². The van der Waals surface area contributed by atoms with Gasteiger partial charge in [-0.1, -0.05) is 12.1 Å². The van der Waals surface area contributed by atoms with Gasteiger partial charge in [0.1, 0.15) is 0 Å². The normalized spacial score (nSPS) is 10.6. The van der Waals surface area contributed by atoms with Crippen molar-refractivity contribution < 1.29 is 9.53 Å². The van der Waals surface area contributed by atoms with Crippen LogP contribution in [0.1, 0.15) is 17.3 Å². The van der Waals surface area contributed by atoms with E-state index in [1.807, 2.05) is 36.0 Å². The van der Waals surface area contributed by atoms with Gasteiger partial charge in [-0.25, -0.2) is 4.98 Å². The van der Waals surface area contributed by atoms with E-state index >= 15 is 0 Å². The van der Waals surface area contributed by atoms with Gasteiger partial charge in [0.05, 0.1) is 19.3 Å². The molecule has 0 bridgehead atoms. The van der Waals surface area contributed by atoms with Crippen LogP contribution < -0.4 is 10.5 Å². The lowest BCUT2D eigenvalue weighted by atomic mass is 10.1. The molecule has 3 aromatic rings. The highest BCUT2D eigenvalue weighted by Crippen LogP contribution is 2.23. The third-order valence-corrected chi connectivity index (χ3v) is 4.16. The third kappa shape index (κ3) is 4.41. The van der Waals surface area contributed by atoms with Crippen LogP contribution in [0.25, 0.3) is 11.3 Å². The predicted octanol–water partition coefficient (Wildman–Crippen LogP) is 2.09. The number of methoxy groups -OCH3 is 1. The van der Waals surface area contributed by atoms with Crippen molar-refractivity contribution in [3.05, 3.63) is 54.4 Å². The maximum Gasteiger partial charge on any atom is 0.253 e. The van der Waals surface area contributed by atoms with Crippen LogP contribution >= 0.6 is 0 Å². The Balaban J connectivity index is 1.81. The molecule has 0 atom stereocenters. The van der Waals surface area contributed by atoms with Gasteiger partial charge in [0.25, 0.3) is 5.91 Å². The molecular formula is C19H22N6O2. The van der Waals surface area contributed by atoms with Gasteiger partial charge in [-0.2, -0.15) is 10.1 Å². The van der Waals surface area contributed by atoms with Crippen molar-refractivity contribution in [2.45, 2.75) is 13.5 Å². The molecule has 8 nitrogen and oxygen atoms in total. The summed E-state index contributed by atoms with van der Waals surface area (Å²) in [5.41, 5.74) is 7.71. The average Bonchev–Trinajstić information content (AvgIpc) is 3.21. The largest absolute Gasteiger partial charge is 0.481 e. The number of carbonyl (C=O) groups is 1. The van der Waals surface area contributed by atoms with Crippen LogP contribution in [-0.2, 0) is 6.54 Å². The summed E-state index contributed by atoms with van der Waals surface area (Å²) < 4.78 is 6.95. The van der Waals surface area contributed by atoms with E-state index in [-0.39, 0.29) is 11.9 Å². The van der Waals surface area contributed by atoms with Crippen molar-refractivity contribution >= 4 is 11.9 Å². The van der Waals surface area contributed by atoms with E-state index in [0.29, 0.717) is 36.8 Å². The number of ether oxygens (including phenoxy) is 1. The Morgan fingerprint density at radius 1 is 1.26 bits per heavy atom. The van der Waals surface area contributed by atoms with Gasteiger partial charge in [-0.3, -0.25) is 9.48 Å². The summed E-state index contributed by atoms with van der Waals surface area (Å²) in [6, 6.07) is 10.9. The number of nitrogens with two attached hydrogens (primary N) is 1. The lowest BCUT2D eigenvalue weighted by Crippen LogP contribution is -2.33. The van der Waals surface area contributed by atoms with Crippen LogP contribution in [0.15, 0.2) is 48.8 Å². The molecule has 1 aromatic carbocycles. The molecule has 140 valence electrons. The molecule has 2 aromatic heterocycles. The number of hydrogen-bond acceptors (Lipinski definition) is 6. The van der Waals surface area contributed by atoms with Gasteiger partial charge in [0.15, 0.2) is 0 Å². The molecule has 0 unspecified atom stereocenters. The number of nitrogens with zero attached hydrogens (tertiary/aromatic N) is 5. The third-order valence-electron chi connectivity index (χ3n) is 4.16. The monoisotopic (exact) mass is 366 g/mol. The van der Waals surface area contributed by atoms with Crippen molar-refractivity contribution in [3.8, 4) is 17.1 Å². The highest BCUT2D eigenvalue weighted by Gasteiger charge is 2.15. The zero-order valence-corrected chi connectivity index (χ0v) is 15.4. The second-order valence-electron chi connectivity index (χ2n) is 5.89. The summed E-state index contributed by atoms with van der Waals surface area (Å²) in [5, 5.41) is 4.17. The second kappa shape index (κ2) is 8.31. The molecule has 0 saturated carbocycles. The zero-order valence-electron chi connectivity index (χ0n) is 15.4. The summed E-state index contributed by atoms with van der Waals surface area (Å²) in [7, 11) is 1.52. The van der Waals surface area contributed by atoms with Crippen molar-refractivity contribution in [1.82, 2.24) is 24.6 Å². The first kappa shape index (κ1) is 18.4. The van der Waals surface area contributed by atoms with E-state index in [1.165, 1.54) is 7.11 Å². The number of carbonyl (C=O) groups excluding carboxylic acids is 1. The Kier molecular flexibility index (Phi) is 5.65. The van der Waals surface area contributed by atoms with E-state index in [0.717, 1.165) is 5.56 Å². The topological polar surface area (TPSA) is 99.2 Å². The van der Waals surface area contributed by atoms with E-state index in [4.69, 9.17) is 10.5 Å². The van der Waals surface area contributed by atoms with Crippen LogP contribution in [0.3, 0.4) is 0 Å². The molecule has 0 spiro atoms. The van der Waals surface area contributed by atoms with Crippen molar-refractivity contribution in [2.24, 2.45) is 0 Å². The molecule has 0 aliphatic carbocycles. The Labute approximate surface area is 157 Å². The smallest absolute Gasteiger partial charge is 0.253 e. The minimum atomic E-state index is -0.0412. The number of likely N-dealkylation sites (N-methyl/N-ethyl adjacent to an activating group) is 1. The number of aromatic nitrogens is 4. The standard InChI is InChI=1S/C19H22N6O2/c1-3-24(10-11-25-9-5-8-21-25)18(26)15-7-4-6-14(12-15)16-13-17(27-2)23-19(20)22-16/h4-9,12-13H,3,10-11H2,1-2H3,(H2,20,22,23). The summed E-state index contributed by atoms with van der Waals surface area (Å²) in [6.45, 7) is 3.79. The van der Waals surface area contributed by atoms with E-state index in [1.54, 1.807) is 29.3 Å². The second-order valence-corrected chi connectivity index (χ2v) is 5.89. The fraction of sp³-hybridized carbons (Fsp3) is 0.263. The molecule has 0 aliphatic heterocycles. The molecule has 3 rings (SSSR count). The molecule has 2 N–H and O–H groups in total. The Bertz CT molecular complexity index is 910. The number of anilines is 1. The lowest BCUT2D eigenvalue weighted by Gasteiger charge is -2.21. The van der Waals surface area contributed by atoms with Crippen LogP contribution in [0, 0.1) is 0 Å². The first-order valence-electron chi connectivity index (χ1n) is 8.66. The molecule has 0 fully saturated rings. The SMILES string of the molecule is CCN(CCn1cccn1)C(=O)c1cccc(-c2cc(OC)nc(N)n2)c1. The summed E-state index contributed by atoms with van der Waals surface area (Å²) in [6.07, 6.45) is 3.61. The van der Waals surface area contributed by atoms with E-state index in [2.05, 4.69) is 15.1 Å². The molecule has 8 heteroatoms. The van der Waals surface area contributed by atoms with Crippen molar-refractivity contribution in [3.63, 3.8) is 0 Å². The molecule has 2 heterocycles. The van der Waals surface area contributed by atoms with Crippen LogP contribution in [0.2, 0.25) is 0 Å². The first-order valence-corrected chi connectivity index (χ1v) is 8.66. The van der Waals surface area contributed by atoms with Crippen LogP contribution in [0.4, 0.5) is 5.95 Å². The fourth-order valence-corrected chi connectivity index (χ4v) is 2.75. The summed E-state index contributed by atoms with van der Waals surface area (Å²) >= 11 is 0. The molecule has 0 radical (unpaired) electrons. The van der Waals surface area contributed by atoms with Gasteiger partial charge in [0.2, 0.25) is 11.8 Å². The highest BCUT2D eigenvalue weighted by atomic mass is 16.5. The summed E-state index contributed by atoms with van der Waals surface area (Å²) in [5.74, 6) is 0.458. The number of hydrogen-bond donors (Lipinski definition) is 1. The quantitative estimate of drug-likeness (QED) is 0.687. The van der Waals surface area contributed by atoms with Crippen LogP contribution in [0.5, 0.6) is 5.88 Å². The van der Waals surface area contributed by atoms with Crippen molar-refractivity contribution in [1.29, 1.82) is 0 Å². The molecular weight excluding hydrogens is 344 g/mol. The lowest BCUT2D eigenvalue weighted by molar-refractivity contribution is 0.0757. The fourth-order valence-electron chi connectivity index (χ4n) is 2.75. The summed E-state index contributed by atoms with van der Waals surface area (Å²) in [4.78, 5) is 22.9. The average molecular weight is 366 g/mol. The van der Waals surface area contributed by atoms with E-state index in [9.17, 15) is 4.79 Å². The maximum atomic E-state index is 12.9. The van der Waals surface area contributed by atoms with Crippen LogP contribution in [-0.4, -0.2) is 50.8 Å². The van der Waals surface area contributed by atoms with Gasteiger partial charge in [-0.15, -0.1) is 0 Å². The minimum absolute atomic E-state index is 0.0412. The zero-order chi connectivity index (χ0) is 19.2.